The van der Waals surface area contributed by atoms with Crippen LogP contribution in [0.2, 0.25) is 0 Å². The summed E-state index contributed by atoms with van der Waals surface area (Å²) in [6.07, 6.45) is -0.910. The zero-order chi connectivity index (χ0) is 15.5. The van der Waals surface area contributed by atoms with Crippen LogP contribution in [-0.2, 0) is 14.8 Å². The molecule has 6 nitrogen and oxygen atoms in total. The van der Waals surface area contributed by atoms with Gasteiger partial charge in [0, 0.05) is 6.54 Å². The van der Waals surface area contributed by atoms with Gasteiger partial charge in [-0.05, 0) is 24.1 Å². The highest BCUT2D eigenvalue weighted by Gasteiger charge is 2.31. The summed E-state index contributed by atoms with van der Waals surface area (Å²) >= 11 is 0. The van der Waals surface area contributed by atoms with Gasteiger partial charge in [-0.25, -0.2) is 8.42 Å². The van der Waals surface area contributed by atoms with Crippen LogP contribution < -0.4 is 0 Å². The number of nitrogens with zero attached hydrogens (tertiary/aromatic N) is 2. The van der Waals surface area contributed by atoms with Crippen LogP contribution >= 0.6 is 0 Å². The van der Waals surface area contributed by atoms with Crippen molar-refractivity contribution in [2.45, 2.75) is 30.4 Å². The molecule has 1 heterocycles. The molecule has 7 heteroatoms. The quantitative estimate of drug-likeness (QED) is 0.897. The van der Waals surface area contributed by atoms with Crippen molar-refractivity contribution in [3.8, 4) is 6.07 Å². The molecule has 2 rings (SSSR count). The van der Waals surface area contributed by atoms with E-state index >= 15 is 0 Å². The van der Waals surface area contributed by atoms with Crippen molar-refractivity contribution < 1.29 is 18.3 Å². The van der Waals surface area contributed by atoms with Crippen LogP contribution in [0, 0.1) is 11.3 Å². The molecule has 1 aliphatic heterocycles. The number of benzene rings is 1. The Morgan fingerprint density at radius 2 is 2.33 bits per heavy atom. The molecule has 0 aromatic heterocycles. The summed E-state index contributed by atoms with van der Waals surface area (Å²) in [5.41, 5.74) is 0.573. The molecule has 114 valence electrons. The normalized spacial score (nSPS) is 21.7. The van der Waals surface area contributed by atoms with E-state index in [0.717, 1.165) is 0 Å². The number of sulfonamides is 1. The summed E-state index contributed by atoms with van der Waals surface area (Å²) in [6.45, 7) is 2.28. The summed E-state index contributed by atoms with van der Waals surface area (Å²) in [5, 5.41) is 18.7. The first kappa shape index (κ1) is 15.9. The lowest BCUT2D eigenvalue weighted by Crippen LogP contribution is -2.45. The summed E-state index contributed by atoms with van der Waals surface area (Å²) in [7, 11) is -3.68. The van der Waals surface area contributed by atoms with Crippen LogP contribution in [0.3, 0.4) is 0 Å². The maximum atomic E-state index is 12.6. The fraction of sp³-hybridized carbons (Fsp3) is 0.500. The van der Waals surface area contributed by atoms with Crippen molar-refractivity contribution in [1.82, 2.24) is 4.31 Å². The number of morpholine rings is 1. The molecule has 1 fully saturated rings. The second kappa shape index (κ2) is 6.54. The minimum Gasteiger partial charge on any atom is -0.388 e. The van der Waals surface area contributed by atoms with Crippen molar-refractivity contribution in [2.75, 3.05) is 19.7 Å². The van der Waals surface area contributed by atoms with Gasteiger partial charge in [0.2, 0.25) is 10.0 Å². The molecular formula is C14H18N2O4S. The number of ether oxygens (including phenoxy) is 1. The van der Waals surface area contributed by atoms with E-state index in [1.54, 1.807) is 12.1 Å². The van der Waals surface area contributed by atoms with E-state index in [1.165, 1.54) is 16.4 Å². The molecule has 1 aliphatic rings. The number of aliphatic hydroxyl groups is 1. The third-order valence-corrected chi connectivity index (χ3v) is 5.30. The summed E-state index contributed by atoms with van der Waals surface area (Å²) in [4.78, 5) is 0.131. The molecule has 0 saturated carbocycles. The van der Waals surface area contributed by atoms with Gasteiger partial charge in [0.1, 0.15) is 0 Å². The number of hydrogen-bond acceptors (Lipinski definition) is 5. The third-order valence-electron chi connectivity index (χ3n) is 3.44. The van der Waals surface area contributed by atoms with Gasteiger partial charge in [0.05, 0.1) is 30.2 Å². The van der Waals surface area contributed by atoms with Crippen LogP contribution in [0.5, 0.6) is 0 Å². The number of rotatable bonds is 4. The van der Waals surface area contributed by atoms with Crippen LogP contribution in [0.15, 0.2) is 29.2 Å². The summed E-state index contributed by atoms with van der Waals surface area (Å²) in [6, 6.07) is 8.23. The smallest absolute Gasteiger partial charge is 0.243 e. The molecule has 2 unspecified atom stereocenters. The Morgan fingerprint density at radius 1 is 1.57 bits per heavy atom. The van der Waals surface area contributed by atoms with E-state index in [2.05, 4.69) is 0 Å². The molecule has 1 aromatic rings. The van der Waals surface area contributed by atoms with Crippen molar-refractivity contribution in [1.29, 1.82) is 5.26 Å². The van der Waals surface area contributed by atoms with Crippen molar-refractivity contribution in [3.63, 3.8) is 0 Å². The molecule has 0 aliphatic carbocycles. The molecule has 2 atom stereocenters. The standard InChI is InChI=1S/C14H18N2O4S/c1-2-14(17)11-4-3-5-13(8-11)21(18,19)16-6-7-20-12(9-15)10-16/h3-5,8,12,14,17H,2,6-7,10H2,1H3. The Balaban J connectivity index is 2.29. The lowest BCUT2D eigenvalue weighted by molar-refractivity contribution is 0.0311. The van der Waals surface area contributed by atoms with Crippen molar-refractivity contribution >= 4 is 10.0 Å². The van der Waals surface area contributed by atoms with Crippen molar-refractivity contribution in [2.24, 2.45) is 0 Å². The fourth-order valence-corrected chi connectivity index (χ4v) is 3.67. The minimum atomic E-state index is -3.68. The van der Waals surface area contributed by atoms with Gasteiger partial charge in [0.25, 0.3) is 0 Å². The third kappa shape index (κ3) is 3.41. The largest absolute Gasteiger partial charge is 0.388 e. The monoisotopic (exact) mass is 310 g/mol. The Hall–Kier alpha value is -1.46. The molecule has 0 spiro atoms. The van der Waals surface area contributed by atoms with Gasteiger partial charge >= 0.3 is 0 Å². The average molecular weight is 310 g/mol. The van der Waals surface area contributed by atoms with E-state index in [1.807, 2.05) is 13.0 Å². The second-order valence-corrected chi connectivity index (χ2v) is 6.79. The van der Waals surface area contributed by atoms with E-state index in [9.17, 15) is 13.5 Å². The molecule has 21 heavy (non-hydrogen) atoms. The second-order valence-electron chi connectivity index (χ2n) is 4.85. The Kier molecular flexibility index (Phi) is 4.96. The fourth-order valence-electron chi connectivity index (χ4n) is 2.19. The minimum absolute atomic E-state index is 0.0272. The van der Waals surface area contributed by atoms with E-state index in [-0.39, 0.29) is 24.6 Å². The number of hydrogen-bond donors (Lipinski definition) is 1. The van der Waals surface area contributed by atoms with Crippen LogP contribution in [0.1, 0.15) is 25.0 Å². The lowest BCUT2D eigenvalue weighted by Gasteiger charge is -2.29. The van der Waals surface area contributed by atoms with E-state index < -0.39 is 22.2 Å². The number of aliphatic hydroxyl groups excluding tert-OH is 1. The first-order valence-corrected chi connectivity index (χ1v) is 8.22. The van der Waals surface area contributed by atoms with Gasteiger partial charge < -0.3 is 9.84 Å². The predicted octanol–water partition coefficient (Wildman–Crippen LogP) is 1.04. The highest BCUT2D eigenvalue weighted by Crippen LogP contribution is 2.23. The zero-order valence-electron chi connectivity index (χ0n) is 11.8. The molecule has 0 radical (unpaired) electrons. The SMILES string of the molecule is CCC(O)c1cccc(S(=O)(=O)N2CCOC(C#N)C2)c1. The number of nitriles is 1. The van der Waals surface area contributed by atoms with Crippen molar-refractivity contribution in [3.05, 3.63) is 29.8 Å². The average Bonchev–Trinajstić information content (AvgIpc) is 2.54. The first-order valence-electron chi connectivity index (χ1n) is 6.78. The van der Waals surface area contributed by atoms with E-state index in [4.69, 9.17) is 10.00 Å². The highest BCUT2D eigenvalue weighted by atomic mass is 32.2. The Labute approximate surface area is 124 Å². The van der Waals surface area contributed by atoms with Gasteiger partial charge in [0.15, 0.2) is 6.10 Å². The molecule has 0 amide bonds. The zero-order valence-corrected chi connectivity index (χ0v) is 12.6. The van der Waals surface area contributed by atoms with Gasteiger partial charge in [-0.3, -0.25) is 0 Å². The lowest BCUT2D eigenvalue weighted by atomic mass is 10.1. The first-order chi connectivity index (χ1) is 9.98. The maximum Gasteiger partial charge on any atom is 0.243 e. The predicted molar refractivity (Wildman–Crippen MR) is 75.8 cm³/mol. The van der Waals surface area contributed by atoms with Crippen LogP contribution in [0.25, 0.3) is 0 Å². The van der Waals surface area contributed by atoms with Gasteiger partial charge in [-0.2, -0.15) is 9.57 Å². The molecule has 1 N–H and O–H groups in total. The van der Waals surface area contributed by atoms with E-state index in [0.29, 0.717) is 12.0 Å². The summed E-state index contributed by atoms with van der Waals surface area (Å²) < 4.78 is 31.6. The Bertz CT molecular complexity index is 639. The van der Waals surface area contributed by atoms with Crippen LogP contribution in [-0.4, -0.2) is 43.6 Å². The molecule has 1 aromatic carbocycles. The molecule has 0 bridgehead atoms. The van der Waals surface area contributed by atoms with Gasteiger partial charge in [-0.1, -0.05) is 19.1 Å². The molecular weight excluding hydrogens is 292 g/mol. The van der Waals surface area contributed by atoms with Crippen LogP contribution in [0.4, 0.5) is 0 Å². The molecule has 1 saturated heterocycles. The maximum absolute atomic E-state index is 12.6. The highest BCUT2D eigenvalue weighted by molar-refractivity contribution is 7.89. The Morgan fingerprint density at radius 3 is 3.00 bits per heavy atom. The topological polar surface area (TPSA) is 90.6 Å². The summed E-state index contributed by atoms with van der Waals surface area (Å²) in [5.74, 6) is 0. The van der Waals surface area contributed by atoms with Gasteiger partial charge in [-0.15, -0.1) is 0 Å².